The Morgan fingerprint density at radius 2 is 1.62 bits per heavy atom. The summed E-state index contributed by atoms with van der Waals surface area (Å²) in [7, 11) is 0. The van der Waals surface area contributed by atoms with Crippen molar-refractivity contribution in [1.29, 1.82) is 0 Å². The van der Waals surface area contributed by atoms with E-state index >= 15 is 0 Å². The van der Waals surface area contributed by atoms with Crippen LogP contribution in [-0.2, 0) is 0 Å². The van der Waals surface area contributed by atoms with Crippen molar-refractivity contribution in [2.24, 2.45) is 0 Å². The molecule has 8 nitrogen and oxygen atoms in total. The van der Waals surface area contributed by atoms with Crippen LogP contribution in [0.2, 0.25) is 0 Å². The maximum absolute atomic E-state index is 12.2. The molecule has 0 bridgehead atoms. The molecule has 0 spiro atoms. The first-order valence-electron chi connectivity index (χ1n) is 7.86. The van der Waals surface area contributed by atoms with Gasteiger partial charge in [0.15, 0.2) is 0 Å². The van der Waals surface area contributed by atoms with Crippen LogP contribution >= 0.6 is 15.9 Å². The number of nitrogens with zero attached hydrogens (tertiary/aromatic N) is 3. The highest BCUT2D eigenvalue weighted by molar-refractivity contribution is 9.10. The number of hydrogen-bond donors (Lipinski definition) is 2. The first-order chi connectivity index (χ1) is 13.7. The topological polar surface area (TPSA) is 102 Å². The second-order valence-electron chi connectivity index (χ2n) is 5.51. The van der Waals surface area contributed by atoms with Crippen molar-refractivity contribution in [2.75, 3.05) is 10.6 Å². The van der Waals surface area contributed by atoms with E-state index in [-0.39, 0.29) is 17.3 Å². The lowest BCUT2D eigenvalue weighted by Gasteiger charge is -2.11. The van der Waals surface area contributed by atoms with E-state index in [1.165, 1.54) is 12.1 Å². The zero-order chi connectivity index (χ0) is 21.0. The summed E-state index contributed by atoms with van der Waals surface area (Å²) in [5.74, 6) is -0.605. The fraction of sp³-hybridized carbons (Fsp3) is 0.0588. The van der Waals surface area contributed by atoms with E-state index in [0.717, 1.165) is 22.9 Å². The standard InChI is InChI=1S/C17H11BrF3N5O3/c18-10-2-1-3-12(8-10)25-16-14(26(27)28)15(22-9-23-16)24-11-4-6-13(7-5-11)29-17(19,20)21/h1-9H,(H2,22,23,24,25). The molecule has 2 aromatic carbocycles. The lowest BCUT2D eigenvalue weighted by Crippen LogP contribution is -2.17. The van der Waals surface area contributed by atoms with Gasteiger partial charge in [-0.05, 0) is 42.5 Å². The predicted molar refractivity (Wildman–Crippen MR) is 103 cm³/mol. The van der Waals surface area contributed by atoms with Gasteiger partial charge in [-0.2, -0.15) is 0 Å². The average molecular weight is 470 g/mol. The normalized spacial score (nSPS) is 11.0. The van der Waals surface area contributed by atoms with Gasteiger partial charge < -0.3 is 15.4 Å². The first kappa shape index (κ1) is 20.3. The molecule has 12 heteroatoms. The van der Waals surface area contributed by atoms with Crippen LogP contribution in [0.15, 0.2) is 59.3 Å². The molecule has 0 saturated heterocycles. The second-order valence-corrected chi connectivity index (χ2v) is 6.42. The number of benzene rings is 2. The van der Waals surface area contributed by atoms with Crippen molar-refractivity contribution in [3.8, 4) is 5.75 Å². The Balaban J connectivity index is 1.87. The maximum Gasteiger partial charge on any atom is 0.573 e. The fourth-order valence-corrected chi connectivity index (χ4v) is 2.71. The van der Waals surface area contributed by atoms with Crippen molar-refractivity contribution in [2.45, 2.75) is 6.36 Å². The first-order valence-corrected chi connectivity index (χ1v) is 8.65. The van der Waals surface area contributed by atoms with Crippen molar-refractivity contribution in [3.05, 3.63) is 69.4 Å². The second kappa shape index (κ2) is 8.31. The Bertz CT molecular complexity index is 1030. The number of hydrogen-bond acceptors (Lipinski definition) is 7. The molecule has 0 amide bonds. The largest absolute Gasteiger partial charge is 0.573 e. The Kier molecular flexibility index (Phi) is 5.82. The zero-order valence-electron chi connectivity index (χ0n) is 14.3. The van der Waals surface area contributed by atoms with E-state index in [2.05, 4.69) is 41.3 Å². The maximum atomic E-state index is 12.2. The van der Waals surface area contributed by atoms with Crippen molar-refractivity contribution in [1.82, 2.24) is 9.97 Å². The van der Waals surface area contributed by atoms with Crippen LogP contribution in [0, 0.1) is 10.1 Å². The summed E-state index contributed by atoms with van der Waals surface area (Å²) < 4.78 is 41.3. The third-order valence-corrected chi connectivity index (χ3v) is 3.94. The minimum absolute atomic E-state index is 0.0531. The van der Waals surface area contributed by atoms with Crippen LogP contribution in [0.25, 0.3) is 0 Å². The highest BCUT2D eigenvalue weighted by atomic mass is 79.9. The molecule has 3 rings (SSSR count). The number of alkyl halides is 3. The van der Waals surface area contributed by atoms with Crippen molar-refractivity contribution < 1.29 is 22.8 Å². The summed E-state index contributed by atoms with van der Waals surface area (Å²) in [6, 6.07) is 11.6. The van der Waals surface area contributed by atoms with Crippen LogP contribution in [-0.4, -0.2) is 21.3 Å². The Hall–Kier alpha value is -3.41. The third kappa shape index (κ3) is 5.54. The van der Waals surface area contributed by atoms with E-state index in [9.17, 15) is 23.3 Å². The minimum atomic E-state index is -4.81. The number of rotatable bonds is 6. The summed E-state index contributed by atoms with van der Waals surface area (Å²) in [6.07, 6.45) is -3.69. The number of anilines is 4. The molecule has 0 atom stereocenters. The molecule has 0 radical (unpaired) electrons. The number of nitro groups is 1. The van der Waals surface area contributed by atoms with Gasteiger partial charge in [0.05, 0.1) is 4.92 Å². The molecule has 0 unspecified atom stereocenters. The molecule has 0 fully saturated rings. The van der Waals surface area contributed by atoms with Crippen LogP contribution in [0.3, 0.4) is 0 Å². The number of ether oxygens (including phenoxy) is 1. The van der Waals surface area contributed by atoms with E-state index in [0.29, 0.717) is 5.69 Å². The van der Waals surface area contributed by atoms with E-state index < -0.39 is 22.7 Å². The molecule has 1 heterocycles. The van der Waals surface area contributed by atoms with E-state index in [4.69, 9.17) is 0 Å². The summed E-state index contributed by atoms with van der Waals surface area (Å²) in [6.45, 7) is 0. The molecular weight excluding hydrogens is 459 g/mol. The number of halogens is 4. The highest BCUT2D eigenvalue weighted by Gasteiger charge is 2.31. The van der Waals surface area contributed by atoms with Gasteiger partial charge in [-0.15, -0.1) is 13.2 Å². The van der Waals surface area contributed by atoms with Crippen LogP contribution in [0.5, 0.6) is 5.75 Å². The van der Waals surface area contributed by atoms with Crippen molar-refractivity contribution in [3.63, 3.8) is 0 Å². The third-order valence-electron chi connectivity index (χ3n) is 3.44. The van der Waals surface area contributed by atoms with Gasteiger partial charge in [-0.3, -0.25) is 10.1 Å². The molecule has 0 aliphatic heterocycles. The lowest BCUT2D eigenvalue weighted by atomic mass is 10.3. The Labute approximate surface area is 170 Å². The Morgan fingerprint density at radius 1 is 1.00 bits per heavy atom. The SMILES string of the molecule is O=[N+]([O-])c1c(Nc2ccc(OC(F)(F)F)cc2)ncnc1Nc1cccc(Br)c1. The molecular formula is C17H11BrF3N5O3. The molecule has 0 aliphatic carbocycles. The average Bonchev–Trinajstić information content (AvgIpc) is 2.62. The summed E-state index contributed by atoms with van der Waals surface area (Å²) in [5, 5.41) is 17.1. The molecule has 1 aromatic heterocycles. The molecule has 0 aliphatic rings. The van der Waals surface area contributed by atoms with Gasteiger partial charge >= 0.3 is 12.0 Å². The summed E-state index contributed by atoms with van der Waals surface area (Å²) in [4.78, 5) is 18.7. The van der Waals surface area contributed by atoms with E-state index in [1.807, 2.05) is 0 Å². The monoisotopic (exact) mass is 469 g/mol. The molecule has 0 saturated carbocycles. The van der Waals surface area contributed by atoms with Gasteiger partial charge in [0.2, 0.25) is 11.6 Å². The van der Waals surface area contributed by atoms with Gasteiger partial charge in [0.1, 0.15) is 12.1 Å². The number of aromatic nitrogens is 2. The van der Waals surface area contributed by atoms with Crippen molar-refractivity contribution >= 4 is 44.6 Å². The fourth-order valence-electron chi connectivity index (χ4n) is 2.31. The predicted octanol–water partition coefficient (Wildman–Crippen LogP) is 5.53. The minimum Gasteiger partial charge on any atom is -0.406 e. The summed E-state index contributed by atoms with van der Waals surface area (Å²) >= 11 is 3.31. The molecule has 2 N–H and O–H groups in total. The lowest BCUT2D eigenvalue weighted by molar-refractivity contribution is -0.383. The quantitative estimate of drug-likeness (QED) is 0.361. The smallest absolute Gasteiger partial charge is 0.406 e. The van der Waals surface area contributed by atoms with Gasteiger partial charge in [0, 0.05) is 15.8 Å². The molecule has 3 aromatic rings. The van der Waals surface area contributed by atoms with Gasteiger partial charge in [0.25, 0.3) is 0 Å². The van der Waals surface area contributed by atoms with Gasteiger partial charge in [-0.25, -0.2) is 9.97 Å². The van der Waals surface area contributed by atoms with Gasteiger partial charge in [-0.1, -0.05) is 22.0 Å². The highest BCUT2D eigenvalue weighted by Crippen LogP contribution is 2.34. The number of nitrogens with one attached hydrogen (secondary N) is 2. The van der Waals surface area contributed by atoms with Crippen LogP contribution < -0.4 is 15.4 Å². The van der Waals surface area contributed by atoms with Crippen LogP contribution in [0.4, 0.5) is 41.9 Å². The molecule has 29 heavy (non-hydrogen) atoms. The molecule has 150 valence electrons. The van der Waals surface area contributed by atoms with E-state index in [1.54, 1.807) is 24.3 Å². The summed E-state index contributed by atoms with van der Waals surface area (Å²) in [5.41, 5.74) is 0.401. The Morgan fingerprint density at radius 3 is 2.17 bits per heavy atom. The van der Waals surface area contributed by atoms with Crippen LogP contribution in [0.1, 0.15) is 0 Å². The zero-order valence-corrected chi connectivity index (χ0v) is 15.9.